The number of hydrogen-bond donors (Lipinski definition) is 1. The van der Waals surface area contributed by atoms with Crippen LogP contribution in [0.5, 0.6) is 5.75 Å². The van der Waals surface area contributed by atoms with E-state index in [1.807, 2.05) is 13.8 Å². The lowest BCUT2D eigenvalue weighted by Gasteiger charge is -2.13. The number of imide groups is 1. The highest BCUT2D eigenvalue weighted by Gasteiger charge is 2.38. The highest BCUT2D eigenvalue weighted by atomic mass is 19.2. The highest BCUT2D eigenvalue weighted by molar-refractivity contribution is 6.36. The summed E-state index contributed by atoms with van der Waals surface area (Å²) < 4.78 is 32.2. The van der Waals surface area contributed by atoms with Crippen molar-refractivity contribution in [3.8, 4) is 5.75 Å². The number of carbonyl (C=O) groups excluding carboxylic acids is 2. The molecule has 0 bridgehead atoms. The van der Waals surface area contributed by atoms with Gasteiger partial charge in [0.25, 0.3) is 11.8 Å². The summed E-state index contributed by atoms with van der Waals surface area (Å²) in [5, 5.41) is 2.80. The first-order valence-corrected chi connectivity index (χ1v) is 9.02. The third-order valence-corrected chi connectivity index (χ3v) is 4.26. The Hall–Kier alpha value is -3.22. The molecule has 2 aromatic rings. The van der Waals surface area contributed by atoms with Crippen molar-refractivity contribution in [2.45, 2.75) is 20.3 Å². The van der Waals surface area contributed by atoms with Crippen LogP contribution in [-0.2, 0) is 9.59 Å². The molecule has 0 unspecified atom stereocenters. The number of carbonyl (C=O) groups is 2. The average Bonchev–Trinajstić information content (AvgIpc) is 2.90. The third-order valence-electron chi connectivity index (χ3n) is 4.26. The van der Waals surface area contributed by atoms with Crippen molar-refractivity contribution in [1.29, 1.82) is 0 Å². The van der Waals surface area contributed by atoms with E-state index in [1.165, 1.54) is 6.07 Å². The van der Waals surface area contributed by atoms with Gasteiger partial charge in [0.2, 0.25) is 0 Å². The van der Waals surface area contributed by atoms with Gasteiger partial charge in [0.15, 0.2) is 11.6 Å². The van der Waals surface area contributed by atoms with Crippen LogP contribution in [0.2, 0.25) is 0 Å². The predicted octanol–water partition coefficient (Wildman–Crippen LogP) is 3.97. The Kier molecular flexibility index (Phi) is 5.73. The van der Waals surface area contributed by atoms with Gasteiger partial charge >= 0.3 is 0 Å². The lowest BCUT2D eigenvalue weighted by molar-refractivity contribution is -0.136. The molecule has 0 aliphatic carbocycles. The zero-order valence-corrected chi connectivity index (χ0v) is 15.6. The molecular weight excluding hydrogens is 366 g/mol. The fourth-order valence-electron chi connectivity index (χ4n) is 2.99. The third kappa shape index (κ3) is 3.74. The van der Waals surface area contributed by atoms with Crippen LogP contribution in [0.25, 0.3) is 5.57 Å². The van der Waals surface area contributed by atoms with Gasteiger partial charge in [-0.05, 0) is 43.2 Å². The number of benzene rings is 2. The second kappa shape index (κ2) is 8.21. The number of nitrogens with one attached hydrogen (secondary N) is 1. The van der Waals surface area contributed by atoms with E-state index in [-0.39, 0.29) is 23.5 Å². The summed E-state index contributed by atoms with van der Waals surface area (Å²) >= 11 is 0. The zero-order chi connectivity index (χ0) is 20.3. The number of hydrogen-bond acceptors (Lipinski definition) is 4. The Morgan fingerprint density at radius 3 is 2.29 bits per heavy atom. The van der Waals surface area contributed by atoms with Crippen molar-refractivity contribution in [3.05, 3.63) is 65.4 Å². The van der Waals surface area contributed by atoms with E-state index in [0.29, 0.717) is 24.3 Å². The molecule has 2 amide bonds. The smallest absolute Gasteiger partial charge is 0.278 e. The van der Waals surface area contributed by atoms with Crippen LogP contribution in [-0.4, -0.2) is 29.9 Å². The Labute approximate surface area is 161 Å². The number of ether oxygens (including phenoxy) is 1. The minimum absolute atomic E-state index is 0.0358. The molecule has 28 heavy (non-hydrogen) atoms. The molecule has 0 radical (unpaired) electrons. The Morgan fingerprint density at radius 2 is 1.68 bits per heavy atom. The van der Waals surface area contributed by atoms with Crippen LogP contribution in [0.3, 0.4) is 0 Å². The normalized spacial score (nSPS) is 14.1. The van der Waals surface area contributed by atoms with Crippen LogP contribution in [0, 0.1) is 11.6 Å². The summed E-state index contributed by atoms with van der Waals surface area (Å²) in [6, 6.07) is 10.0. The van der Waals surface area contributed by atoms with Crippen molar-refractivity contribution in [3.63, 3.8) is 0 Å². The molecule has 0 spiro atoms. The number of halogens is 2. The molecule has 1 heterocycles. The number of rotatable bonds is 7. The highest BCUT2D eigenvalue weighted by Crippen LogP contribution is 2.31. The van der Waals surface area contributed by atoms with E-state index < -0.39 is 23.4 Å². The summed E-state index contributed by atoms with van der Waals surface area (Å²) in [7, 11) is 0. The van der Waals surface area contributed by atoms with Crippen LogP contribution in [0.1, 0.15) is 25.8 Å². The molecule has 1 aliphatic rings. The maximum absolute atomic E-state index is 13.6. The van der Waals surface area contributed by atoms with Gasteiger partial charge in [0, 0.05) is 18.3 Å². The molecule has 146 valence electrons. The van der Waals surface area contributed by atoms with Crippen molar-refractivity contribution in [1.82, 2.24) is 4.90 Å². The van der Waals surface area contributed by atoms with Crippen molar-refractivity contribution in [2.24, 2.45) is 0 Å². The SMILES string of the molecule is CCCN1C(=O)C(Nc2ccc(F)c(F)c2)=C(c2ccc(OCC)cc2)C1=O. The van der Waals surface area contributed by atoms with E-state index in [1.54, 1.807) is 24.3 Å². The molecule has 0 fully saturated rings. The first kappa shape index (κ1) is 19.5. The topological polar surface area (TPSA) is 58.6 Å². The molecule has 0 saturated carbocycles. The molecule has 1 N–H and O–H groups in total. The first-order chi connectivity index (χ1) is 13.5. The van der Waals surface area contributed by atoms with Gasteiger partial charge in [0.05, 0.1) is 12.2 Å². The van der Waals surface area contributed by atoms with Crippen LogP contribution in [0.4, 0.5) is 14.5 Å². The maximum atomic E-state index is 13.6. The van der Waals surface area contributed by atoms with Gasteiger partial charge in [-0.3, -0.25) is 14.5 Å². The standard InChI is InChI=1S/C21H20F2N2O3/c1-3-11-25-20(26)18(13-5-8-15(9-6-13)28-4-2)19(21(25)27)24-14-7-10-16(22)17(23)12-14/h5-10,12,24H,3-4,11H2,1-2H3. The number of anilines is 1. The lowest BCUT2D eigenvalue weighted by atomic mass is 10.0. The molecule has 2 aromatic carbocycles. The van der Waals surface area contributed by atoms with Crippen LogP contribution in [0.15, 0.2) is 48.2 Å². The Balaban J connectivity index is 2.03. The van der Waals surface area contributed by atoms with E-state index in [0.717, 1.165) is 17.0 Å². The van der Waals surface area contributed by atoms with Crippen molar-refractivity contribution in [2.75, 3.05) is 18.5 Å². The lowest BCUT2D eigenvalue weighted by Crippen LogP contribution is -2.33. The van der Waals surface area contributed by atoms with Gasteiger partial charge in [-0.2, -0.15) is 0 Å². The van der Waals surface area contributed by atoms with Crippen LogP contribution < -0.4 is 10.1 Å². The summed E-state index contributed by atoms with van der Waals surface area (Å²) in [4.78, 5) is 26.8. The molecule has 0 aromatic heterocycles. The fourth-order valence-corrected chi connectivity index (χ4v) is 2.99. The minimum atomic E-state index is -1.05. The van der Waals surface area contributed by atoms with Gasteiger partial charge in [0.1, 0.15) is 11.4 Å². The molecular formula is C21H20F2N2O3. The first-order valence-electron chi connectivity index (χ1n) is 9.02. The van der Waals surface area contributed by atoms with E-state index in [9.17, 15) is 18.4 Å². The van der Waals surface area contributed by atoms with Crippen LogP contribution >= 0.6 is 0 Å². The molecule has 0 saturated heterocycles. The summed E-state index contributed by atoms with van der Waals surface area (Å²) in [6.45, 7) is 4.49. The average molecular weight is 386 g/mol. The molecule has 1 aliphatic heterocycles. The molecule has 3 rings (SSSR count). The van der Waals surface area contributed by atoms with Gasteiger partial charge < -0.3 is 10.1 Å². The second-order valence-electron chi connectivity index (χ2n) is 6.22. The quantitative estimate of drug-likeness (QED) is 0.732. The van der Waals surface area contributed by atoms with Gasteiger partial charge in [-0.25, -0.2) is 8.78 Å². The monoisotopic (exact) mass is 386 g/mol. The number of nitrogens with zero attached hydrogens (tertiary/aromatic N) is 1. The number of amides is 2. The van der Waals surface area contributed by atoms with Crippen molar-refractivity contribution < 1.29 is 23.1 Å². The summed E-state index contributed by atoms with van der Waals surface area (Å²) in [5.41, 5.74) is 0.933. The largest absolute Gasteiger partial charge is 0.494 e. The zero-order valence-electron chi connectivity index (χ0n) is 15.6. The molecule has 5 nitrogen and oxygen atoms in total. The Bertz CT molecular complexity index is 939. The summed E-state index contributed by atoms with van der Waals surface area (Å²) in [5.74, 6) is -2.33. The van der Waals surface area contributed by atoms with E-state index >= 15 is 0 Å². The minimum Gasteiger partial charge on any atom is -0.494 e. The summed E-state index contributed by atoms with van der Waals surface area (Å²) in [6.07, 6.45) is 0.604. The fraction of sp³-hybridized carbons (Fsp3) is 0.238. The van der Waals surface area contributed by atoms with E-state index in [4.69, 9.17) is 4.74 Å². The van der Waals surface area contributed by atoms with E-state index in [2.05, 4.69) is 5.32 Å². The van der Waals surface area contributed by atoms with Crippen molar-refractivity contribution >= 4 is 23.1 Å². The Morgan fingerprint density at radius 1 is 0.964 bits per heavy atom. The van der Waals surface area contributed by atoms with Gasteiger partial charge in [-0.1, -0.05) is 19.1 Å². The second-order valence-corrected chi connectivity index (χ2v) is 6.22. The maximum Gasteiger partial charge on any atom is 0.278 e. The van der Waals surface area contributed by atoms with Gasteiger partial charge in [-0.15, -0.1) is 0 Å². The molecule has 0 atom stereocenters. The molecule has 7 heteroatoms. The predicted molar refractivity (Wildman–Crippen MR) is 102 cm³/mol.